The van der Waals surface area contributed by atoms with Crippen molar-refractivity contribution in [3.63, 3.8) is 0 Å². The van der Waals surface area contributed by atoms with Crippen LogP contribution in [-0.4, -0.2) is 46.9 Å². The van der Waals surface area contributed by atoms with Gasteiger partial charge < -0.3 is 14.8 Å². The van der Waals surface area contributed by atoms with E-state index in [4.69, 9.17) is 9.47 Å². The maximum Gasteiger partial charge on any atom is 0.235 e. The van der Waals surface area contributed by atoms with E-state index in [0.29, 0.717) is 12.4 Å². The molecule has 0 aliphatic carbocycles. The highest BCUT2D eigenvalue weighted by Gasteiger charge is 2.20. The van der Waals surface area contributed by atoms with Gasteiger partial charge in [0.2, 0.25) is 5.91 Å². The molecule has 1 aromatic carbocycles. The number of ether oxygens (including phenoxy) is 2. The standard InChI is InChI=1S/C13H19NO5S/c1-10(8-18-2)14-13(15)9-20(16,17)12-6-4-5-11(7-12)19-3/h4-7,10H,8-9H2,1-3H3,(H,14,15)/t10-/m0/s1. The van der Waals surface area contributed by atoms with Gasteiger partial charge in [-0.1, -0.05) is 6.07 Å². The molecule has 0 aromatic heterocycles. The molecule has 0 saturated carbocycles. The minimum absolute atomic E-state index is 0.0615. The van der Waals surface area contributed by atoms with Crippen LogP contribution in [0.15, 0.2) is 29.2 Å². The Morgan fingerprint density at radius 2 is 2.05 bits per heavy atom. The van der Waals surface area contributed by atoms with Crippen LogP contribution < -0.4 is 10.1 Å². The molecule has 0 unspecified atom stereocenters. The molecule has 0 saturated heterocycles. The minimum Gasteiger partial charge on any atom is -0.497 e. The molecule has 1 rings (SSSR count). The Labute approximate surface area is 119 Å². The van der Waals surface area contributed by atoms with Gasteiger partial charge in [-0.15, -0.1) is 0 Å². The molecule has 0 bridgehead atoms. The van der Waals surface area contributed by atoms with Crippen LogP contribution in [0.5, 0.6) is 5.75 Å². The smallest absolute Gasteiger partial charge is 0.235 e. The molecule has 7 heteroatoms. The van der Waals surface area contributed by atoms with Gasteiger partial charge in [0, 0.05) is 13.2 Å². The molecule has 0 fully saturated rings. The van der Waals surface area contributed by atoms with Gasteiger partial charge in [0.15, 0.2) is 9.84 Å². The number of benzene rings is 1. The van der Waals surface area contributed by atoms with Gasteiger partial charge in [-0.3, -0.25) is 4.79 Å². The minimum atomic E-state index is -3.69. The highest BCUT2D eigenvalue weighted by Crippen LogP contribution is 2.18. The summed E-state index contributed by atoms with van der Waals surface area (Å²) in [5, 5.41) is 2.56. The highest BCUT2D eigenvalue weighted by molar-refractivity contribution is 7.92. The third-order valence-corrected chi connectivity index (χ3v) is 4.16. The number of carbonyl (C=O) groups is 1. The molecule has 0 spiro atoms. The second kappa shape index (κ2) is 7.25. The topological polar surface area (TPSA) is 81.7 Å². The molecule has 20 heavy (non-hydrogen) atoms. The van der Waals surface area contributed by atoms with Crippen molar-refractivity contribution in [2.45, 2.75) is 17.9 Å². The lowest BCUT2D eigenvalue weighted by atomic mass is 10.3. The second-order valence-electron chi connectivity index (χ2n) is 4.36. The summed E-state index contributed by atoms with van der Waals surface area (Å²) in [4.78, 5) is 11.8. The lowest BCUT2D eigenvalue weighted by Gasteiger charge is -2.13. The van der Waals surface area contributed by atoms with Gasteiger partial charge in [-0.2, -0.15) is 0 Å². The van der Waals surface area contributed by atoms with Crippen molar-refractivity contribution in [2.75, 3.05) is 26.6 Å². The van der Waals surface area contributed by atoms with Gasteiger partial charge in [0.1, 0.15) is 11.5 Å². The predicted octanol–water partition coefficient (Wildman–Crippen LogP) is 0.620. The fourth-order valence-electron chi connectivity index (χ4n) is 1.66. The summed E-state index contributed by atoms with van der Waals surface area (Å²) < 4.78 is 34.0. The molecule has 0 radical (unpaired) electrons. The van der Waals surface area contributed by atoms with E-state index in [2.05, 4.69) is 5.32 Å². The van der Waals surface area contributed by atoms with Gasteiger partial charge in [0.25, 0.3) is 0 Å². The lowest BCUT2D eigenvalue weighted by molar-refractivity contribution is -0.119. The Morgan fingerprint density at radius 3 is 2.65 bits per heavy atom. The van der Waals surface area contributed by atoms with Crippen LogP contribution in [0, 0.1) is 0 Å². The maximum atomic E-state index is 12.1. The number of amides is 1. The third-order valence-electron chi connectivity index (χ3n) is 2.55. The van der Waals surface area contributed by atoms with Crippen LogP contribution in [0.1, 0.15) is 6.92 Å². The van der Waals surface area contributed by atoms with Crippen LogP contribution in [-0.2, 0) is 19.4 Å². The van der Waals surface area contributed by atoms with E-state index in [0.717, 1.165) is 0 Å². The molecule has 1 aromatic rings. The third kappa shape index (κ3) is 4.82. The second-order valence-corrected chi connectivity index (χ2v) is 6.35. The van der Waals surface area contributed by atoms with E-state index in [1.165, 1.54) is 26.4 Å². The van der Waals surface area contributed by atoms with E-state index in [-0.39, 0.29) is 10.9 Å². The Morgan fingerprint density at radius 1 is 1.35 bits per heavy atom. The summed E-state index contributed by atoms with van der Waals surface area (Å²) in [7, 11) is -0.727. The average molecular weight is 301 g/mol. The van der Waals surface area contributed by atoms with Crippen molar-refractivity contribution < 1.29 is 22.7 Å². The molecule has 6 nitrogen and oxygen atoms in total. The normalized spacial score (nSPS) is 12.8. The van der Waals surface area contributed by atoms with E-state index in [9.17, 15) is 13.2 Å². The van der Waals surface area contributed by atoms with E-state index in [1.807, 2.05) is 0 Å². The number of hydrogen-bond acceptors (Lipinski definition) is 5. The Kier molecular flexibility index (Phi) is 5.97. The van der Waals surface area contributed by atoms with Crippen molar-refractivity contribution in [3.8, 4) is 5.75 Å². The monoisotopic (exact) mass is 301 g/mol. The van der Waals surface area contributed by atoms with Crippen molar-refractivity contribution in [1.82, 2.24) is 5.32 Å². The number of carbonyl (C=O) groups excluding carboxylic acids is 1. The number of hydrogen-bond donors (Lipinski definition) is 1. The fourth-order valence-corrected chi connectivity index (χ4v) is 2.84. The Hall–Kier alpha value is -1.60. The van der Waals surface area contributed by atoms with Gasteiger partial charge in [-0.25, -0.2) is 8.42 Å². The van der Waals surface area contributed by atoms with E-state index in [1.54, 1.807) is 19.1 Å². The first-order valence-corrected chi connectivity index (χ1v) is 7.69. The number of nitrogens with one attached hydrogen (secondary N) is 1. The summed E-state index contributed by atoms with van der Waals surface area (Å²) in [6.45, 7) is 2.06. The van der Waals surface area contributed by atoms with Gasteiger partial charge in [-0.05, 0) is 25.1 Å². The van der Waals surface area contributed by atoms with Crippen molar-refractivity contribution in [2.24, 2.45) is 0 Å². The molecule has 0 aliphatic rings. The first-order valence-electron chi connectivity index (χ1n) is 6.04. The molecule has 112 valence electrons. The average Bonchev–Trinajstić information content (AvgIpc) is 2.38. The van der Waals surface area contributed by atoms with Crippen LogP contribution in [0.25, 0.3) is 0 Å². The maximum absolute atomic E-state index is 12.1. The van der Waals surface area contributed by atoms with E-state index >= 15 is 0 Å². The SMILES string of the molecule is COC[C@H](C)NC(=O)CS(=O)(=O)c1cccc(OC)c1. The lowest BCUT2D eigenvalue weighted by Crippen LogP contribution is -2.39. The first kappa shape index (κ1) is 16.5. The fraction of sp³-hybridized carbons (Fsp3) is 0.462. The molecule has 1 amide bonds. The molecule has 1 N–H and O–H groups in total. The summed E-state index contributed by atoms with van der Waals surface area (Å²) in [5.41, 5.74) is 0. The summed E-state index contributed by atoms with van der Waals surface area (Å²) in [6, 6.07) is 5.79. The number of rotatable bonds is 7. The number of methoxy groups -OCH3 is 2. The zero-order chi connectivity index (χ0) is 15.2. The summed E-state index contributed by atoms with van der Waals surface area (Å²) in [5.74, 6) is -0.731. The van der Waals surface area contributed by atoms with Crippen LogP contribution in [0.2, 0.25) is 0 Å². The zero-order valence-electron chi connectivity index (χ0n) is 11.8. The van der Waals surface area contributed by atoms with Gasteiger partial charge in [0.05, 0.1) is 18.6 Å². The van der Waals surface area contributed by atoms with Crippen molar-refractivity contribution >= 4 is 15.7 Å². The highest BCUT2D eigenvalue weighted by atomic mass is 32.2. The van der Waals surface area contributed by atoms with Gasteiger partial charge >= 0.3 is 0 Å². The van der Waals surface area contributed by atoms with Crippen molar-refractivity contribution in [1.29, 1.82) is 0 Å². The van der Waals surface area contributed by atoms with Crippen molar-refractivity contribution in [3.05, 3.63) is 24.3 Å². The van der Waals surface area contributed by atoms with Crippen LogP contribution in [0.4, 0.5) is 0 Å². The molecular formula is C13H19NO5S. The largest absolute Gasteiger partial charge is 0.497 e. The Bertz CT molecular complexity index is 556. The van der Waals surface area contributed by atoms with Crippen LogP contribution >= 0.6 is 0 Å². The van der Waals surface area contributed by atoms with Crippen LogP contribution in [0.3, 0.4) is 0 Å². The summed E-state index contributed by atoms with van der Waals surface area (Å²) >= 11 is 0. The molecule has 1 atom stereocenters. The molecule has 0 heterocycles. The summed E-state index contributed by atoms with van der Waals surface area (Å²) in [6.07, 6.45) is 0. The number of sulfone groups is 1. The Balaban J connectivity index is 2.76. The molecule has 0 aliphatic heterocycles. The molecular weight excluding hydrogens is 282 g/mol. The quantitative estimate of drug-likeness (QED) is 0.798. The predicted molar refractivity (Wildman–Crippen MR) is 74.5 cm³/mol. The first-order chi connectivity index (χ1) is 9.39. The van der Waals surface area contributed by atoms with E-state index < -0.39 is 21.5 Å². The zero-order valence-corrected chi connectivity index (χ0v) is 12.6.